The molecule has 94 valence electrons. The predicted octanol–water partition coefficient (Wildman–Crippen LogP) is 2.57. The first-order valence-corrected chi connectivity index (χ1v) is 7.11. The van der Waals surface area contributed by atoms with Gasteiger partial charge in [0.05, 0.1) is 12.0 Å². The lowest BCUT2D eigenvalue weighted by Gasteiger charge is -2.18. The zero-order chi connectivity index (χ0) is 11.7. The molecule has 0 atom stereocenters. The maximum absolute atomic E-state index is 4.26. The van der Waals surface area contributed by atoms with Gasteiger partial charge in [0.1, 0.15) is 0 Å². The topological polar surface area (TPSA) is 29.9 Å². The molecule has 0 aromatic carbocycles. The van der Waals surface area contributed by atoms with E-state index in [0.29, 0.717) is 0 Å². The van der Waals surface area contributed by atoms with Crippen LogP contribution in [0.5, 0.6) is 0 Å². The summed E-state index contributed by atoms with van der Waals surface area (Å²) >= 11 is 0. The van der Waals surface area contributed by atoms with Crippen LogP contribution < -0.4 is 5.32 Å². The molecule has 1 aromatic heterocycles. The highest BCUT2D eigenvalue weighted by atomic mass is 15.1. The van der Waals surface area contributed by atoms with Crippen molar-refractivity contribution < 1.29 is 0 Å². The van der Waals surface area contributed by atoms with Gasteiger partial charge >= 0.3 is 0 Å². The SMILES string of the molecule is CCCn1cncc1CNC(C1CC1)C1CC1. The summed E-state index contributed by atoms with van der Waals surface area (Å²) in [6.07, 6.45) is 10.9. The van der Waals surface area contributed by atoms with E-state index >= 15 is 0 Å². The molecule has 0 radical (unpaired) electrons. The monoisotopic (exact) mass is 233 g/mol. The highest BCUT2D eigenvalue weighted by Crippen LogP contribution is 2.44. The van der Waals surface area contributed by atoms with Crippen LogP contribution in [0.15, 0.2) is 12.5 Å². The molecule has 3 heteroatoms. The second-order valence-electron chi connectivity index (χ2n) is 5.66. The Morgan fingerprint density at radius 3 is 2.65 bits per heavy atom. The summed E-state index contributed by atoms with van der Waals surface area (Å²) in [7, 11) is 0. The Hall–Kier alpha value is -0.830. The number of imidazole rings is 1. The van der Waals surface area contributed by atoms with Crippen LogP contribution in [-0.4, -0.2) is 15.6 Å². The fourth-order valence-corrected chi connectivity index (χ4v) is 2.79. The highest BCUT2D eigenvalue weighted by Gasteiger charge is 2.40. The fraction of sp³-hybridized carbons (Fsp3) is 0.786. The van der Waals surface area contributed by atoms with Gasteiger partial charge in [0.15, 0.2) is 0 Å². The Morgan fingerprint density at radius 1 is 1.35 bits per heavy atom. The summed E-state index contributed by atoms with van der Waals surface area (Å²) in [6, 6.07) is 0.792. The Kier molecular flexibility index (Phi) is 3.19. The number of rotatable bonds is 7. The summed E-state index contributed by atoms with van der Waals surface area (Å²) in [6.45, 7) is 4.31. The Labute approximate surface area is 104 Å². The molecule has 3 nitrogen and oxygen atoms in total. The third-order valence-corrected chi connectivity index (χ3v) is 4.04. The lowest BCUT2D eigenvalue weighted by Crippen LogP contribution is -2.33. The number of hydrogen-bond donors (Lipinski definition) is 1. The third kappa shape index (κ3) is 2.71. The lowest BCUT2D eigenvalue weighted by molar-refractivity contribution is 0.408. The van der Waals surface area contributed by atoms with Crippen LogP contribution in [0.2, 0.25) is 0 Å². The molecule has 2 aliphatic carbocycles. The molecule has 0 aliphatic heterocycles. The summed E-state index contributed by atoms with van der Waals surface area (Å²) in [5.74, 6) is 1.95. The van der Waals surface area contributed by atoms with Crippen LogP contribution in [0.4, 0.5) is 0 Å². The summed E-state index contributed by atoms with van der Waals surface area (Å²) in [4.78, 5) is 4.26. The molecule has 1 heterocycles. The molecule has 0 unspecified atom stereocenters. The third-order valence-electron chi connectivity index (χ3n) is 4.04. The second-order valence-corrected chi connectivity index (χ2v) is 5.66. The molecule has 2 fully saturated rings. The van der Waals surface area contributed by atoms with Crippen molar-refractivity contribution in [2.75, 3.05) is 0 Å². The van der Waals surface area contributed by atoms with E-state index in [1.54, 1.807) is 0 Å². The standard InChI is InChI=1S/C14H23N3/c1-2-7-17-10-15-8-13(17)9-16-14(11-3-4-11)12-5-6-12/h8,10-12,14,16H,2-7,9H2,1H3. The van der Waals surface area contributed by atoms with Gasteiger partial charge in [-0.25, -0.2) is 4.98 Å². The molecule has 1 aromatic rings. The molecular formula is C14H23N3. The van der Waals surface area contributed by atoms with Crippen molar-refractivity contribution in [2.45, 2.75) is 58.2 Å². The van der Waals surface area contributed by atoms with Crippen LogP contribution >= 0.6 is 0 Å². The van der Waals surface area contributed by atoms with E-state index in [4.69, 9.17) is 0 Å². The fourth-order valence-electron chi connectivity index (χ4n) is 2.79. The van der Waals surface area contributed by atoms with Gasteiger partial charge in [-0.2, -0.15) is 0 Å². The first kappa shape index (κ1) is 11.3. The van der Waals surface area contributed by atoms with Crippen LogP contribution in [0.3, 0.4) is 0 Å². The zero-order valence-corrected chi connectivity index (χ0v) is 10.7. The number of nitrogens with zero attached hydrogens (tertiary/aromatic N) is 2. The van der Waals surface area contributed by atoms with E-state index in [9.17, 15) is 0 Å². The molecule has 0 bridgehead atoms. The van der Waals surface area contributed by atoms with E-state index in [1.807, 2.05) is 12.5 Å². The minimum absolute atomic E-state index is 0.792. The highest BCUT2D eigenvalue weighted by molar-refractivity contribution is 5.01. The molecule has 0 spiro atoms. The zero-order valence-electron chi connectivity index (χ0n) is 10.7. The summed E-state index contributed by atoms with van der Waals surface area (Å²) in [5, 5.41) is 3.78. The number of nitrogens with one attached hydrogen (secondary N) is 1. The molecule has 0 amide bonds. The van der Waals surface area contributed by atoms with Crippen molar-refractivity contribution in [1.82, 2.24) is 14.9 Å². The Bertz CT molecular complexity index is 351. The van der Waals surface area contributed by atoms with E-state index in [1.165, 1.54) is 37.8 Å². The van der Waals surface area contributed by atoms with Crippen LogP contribution in [-0.2, 0) is 13.1 Å². The Balaban J connectivity index is 1.56. The molecule has 2 saturated carbocycles. The molecule has 1 N–H and O–H groups in total. The second kappa shape index (κ2) is 4.81. The van der Waals surface area contributed by atoms with Crippen molar-refractivity contribution >= 4 is 0 Å². The van der Waals surface area contributed by atoms with Gasteiger partial charge in [-0.1, -0.05) is 6.92 Å². The van der Waals surface area contributed by atoms with Gasteiger partial charge in [0, 0.05) is 25.3 Å². The smallest absolute Gasteiger partial charge is 0.0948 e. The van der Waals surface area contributed by atoms with Gasteiger partial charge in [-0.3, -0.25) is 0 Å². The van der Waals surface area contributed by atoms with E-state index < -0.39 is 0 Å². The number of hydrogen-bond acceptors (Lipinski definition) is 2. The van der Waals surface area contributed by atoms with Gasteiger partial charge < -0.3 is 9.88 Å². The molecule has 0 saturated heterocycles. The van der Waals surface area contributed by atoms with Crippen LogP contribution in [0, 0.1) is 11.8 Å². The van der Waals surface area contributed by atoms with Gasteiger partial charge in [-0.15, -0.1) is 0 Å². The summed E-state index contributed by atoms with van der Waals surface area (Å²) < 4.78 is 2.28. The number of aryl methyl sites for hydroxylation is 1. The minimum atomic E-state index is 0.792. The summed E-state index contributed by atoms with van der Waals surface area (Å²) in [5.41, 5.74) is 1.35. The van der Waals surface area contributed by atoms with Crippen LogP contribution in [0.25, 0.3) is 0 Å². The van der Waals surface area contributed by atoms with Gasteiger partial charge in [0.25, 0.3) is 0 Å². The average Bonchev–Trinajstić information content (AvgIpc) is 3.21. The first-order chi connectivity index (χ1) is 8.38. The quantitative estimate of drug-likeness (QED) is 0.784. The lowest BCUT2D eigenvalue weighted by atomic mass is 10.1. The molecule has 17 heavy (non-hydrogen) atoms. The van der Waals surface area contributed by atoms with Crippen LogP contribution in [0.1, 0.15) is 44.7 Å². The maximum Gasteiger partial charge on any atom is 0.0948 e. The first-order valence-electron chi connectivity index (χ1n) is 7.11. The normalized spacial score (nSPS) is 20.1. The number of aromatic nitrogens is 2. The minimum Gasteiger partial charge on any atom is -0.333 e. The van der Waals surface area contributed by atoms with Crippen molar-refractivity contribution in [3.63, 3.8) is 0 Å². The van der Waals surface area contributed by atoms with Gasteiger partial charge in [-0.05, 0) is 43.9 Å². The Morgan fingerprint density at radius 2 is 2.06 bits per heavy atom. The van der Waals surface area contributed by atoms with Gasteiger partial charge in [0.2, 0.25) is 0 Å². The van der Waals surface area contributed by atoms with E-state index in [2.05, 4.69) is 21.8 Å². The van der Waals surface area contributed by atoms with E-state index in [0.717, 1.165) is 31.0 Å². The van der Waals surface area contributed by atoms with Crippen molar-refractivity contribution in [1.29, 1.82) is 0 Å². The van der Waals surface area contributed by atoms with E-state index in [-0.39, 0.29) is 0 Å². The van der Waals surface area contributed by atoms with Crippen molar-refractivity contribution in [3.05, 3.63) is 18.2 Å². The molecule has 2 aliphatic rings. The average molecular weight is 233 g/mol. The molecular weight excluding hydrogens is 210 g/mol. The maximum atomic E-state index is 4.26. The predicted molar refractivity (Wildman–Crippen MR) is 68.6 cm³/mol. The van der Waals surface area contributed by atoms with Crippen molar-refractivity contribution in [2.24, 2.45) is 11.8 Å². The molecule has 3 rings (SSSR count). The largest absolute Gasteiger partial charge is 0.333 e. The van der Waals surface area contributed by atoms with Crippen molar-refractivity contribution in [3.8, 4) is 0 Å².